The van der Waals surface area contributed by atoms with Crippen LogP contribution in [0.1, 0.15) is 26.3 Å². The summed E-state index contributed by atoms with van der Waals surface area (Å²) in [6.07, 6.45) is 3.50. The van der Waals surface area contributed by atoms with Gasteiger partial charge in [0.2, 0.25) is 5.91 Å². The van der Waals surface area contributed by atoms with E-state index in [2.05, 4.69) is 31.7 Å². The van der Waals surface area contributed by atoms with Crippen LogP contribution >= 0.6 is 11.8 Å². The molecular formula is C23H22N6O3S. The Labute approximate surface area is 195 Å². The largest absolute Gasteiger partial charge is 0.479 e. The highest BCUT2D eigenvalue weighted by Crippen LogP contribution is 2.38. The first-order valence-corrected chi connectivity index (χ1v) is 11.3. The smallest absolute Gasteiger partial charge is 0.257 e. The molecule has 168 valence electrons. The highest BCUT2D eigenvalue weighted by atomic mass is 32.2. The van der Waals surface area contributed by atoms with Crippen molar-refractivity contribution in [3.63, 3.8) is 0 Å². The van der Waals surface area contributed by atoms with Crippen LogP contribution < -0.4 is 20.1 Å². The van der Waals surface area contributed by atoms with Crippen molar-refractivity contribution < 1.29 is 14.3 Å². The van der Waals surface area contributed by atoms with E-state index in [4.69, 9.17) is 9.47 Å². The highest BCUT2D eigenvalue weighted by molar-refractivity contribution is 7.98. The lowest BCUT2D eigenvalue weighted by Gasteiger charge is -2.31. The van der Waals surface area contributed by atoms with E-state index in [1.807, 2.05) is 32.2 Å². The molecule has 1 aliphatic rings. The molecule has 0 spiro atoms. The zero-order valence-electron chi connectivity index (χ0n) is 18.6. The number of ether oxygens (including phenoxy) is 2. The Morgan fingerprint density at radius 1 is 1.21 bits per heavy atom. The molecule has 3 aromatic heterocycles. The van der Waals surface area contributed by atoms with Gasteiger partial charge in [0, 0.05) is 24.8 Å². The predicted octanol–water partition coefficient (Wildman–Crippen LogP) is 4.38. The summed E-state index contributed by atoms with van der Waals surface area (Å²) in [5.74, 6) is 1.59. The van der Waals surface area contributed by atoms with Crippen molar-refractivity contribution >= 4 is 35.0 Å². The number of nitriles is 1. The van der Waals surface area contributed by atoms with Crippen molar-refractivity contribution in [1.82, 2.24) is 15.0 Å². The zero-order valence-corrected chi connectivity index (χ0v) is 19.4. The Morgan fingerprint density at radius 3 is 2.76 bits per heavy atom. The number of amides is 1. The molecule has 0 aliphatic carbocycles. The molecule has 0 radical (unpaired) electrons. The number of carbonyl (C=O) groups excluding carboxylic acids is 1. The van der Waals surface area contributed by atoms with E-state index < -0.39 is 5.60 Å². The number of anilines is 3. The monoisotopic (exact) mass is 462 g/mol. The van der Waals surface area contributed by atoms with Gasteiger partial charge < -0.3 is 20.1 Å². The predicted molar refractivity (Wildman–Crippen MR) is 126 cm³/mol. The molecule has 4 rings (SSSR count). The summed E-state index contributed by atoms with van der Waals surface area (Å²) in [4.78, 5) is 25.0. The van der Waals surface area contributed by atoms with E-state index in [0.29, 0.717) is 57.4 Å². The van der Waals surface area contributed by atoms with Crippen LogP contribution in [0.5, 0.6) is 11.6 Å². The molecule has 0 unspecified atom stereocenters. The molecule has 33 heavy (non-hydrogen) atoms. The number of aromatic nitrogens is 3. The minimum atomic E-state index is -0.434. The Balaban J connectivity index is 1.76. The van der Waals surface area contributed by atoms with Crippen LogP contribution in [-0.4, -0.2) is 39.3 Å². The van der Waals surface area contributed by atoms with Gasteiger partial charge in [0.1, 0.15) is 23.8 Å². The van der Waals surface area contributed by atoms with Gasteiger partial charge in [-0.25, -0.2) is 15.0 Å². The molecule has 0 fully saturated rings. The first-order chi connectivity index (χ1) is 15.8. The summed E-state index contributed by atoms with van der Waals surface area (Å²) in [6.45, 7) is 5.68. The lowest BCUT2D eigenvalue weighted by molar-refractivity contribution is -0.114. The third-order valence-electron chi connectivity index (χ3n) is 4.65. The zero-order chi connectivity index (χ0) is 23.6. The van der Waals surface area contributed by atoms with Crippen molar-refractivity contribution in [2.24, 2.45) is 0 Å². The molecule has 10 heteroatoms. The maximum atomic E-state index is 11.6. The number of rotatable bonds is 5. The first-order valence-electron chi connectivity index (χ1n) is 10.1. The van der Waals surface area contributed by atoms with E-state index >= 15 is 0 Å². The summed E-state index contributed by atoms with van der Waals surface area (Å²) in [6, 6.07) is 10.8. The fraction of sp³-hybridized carbons (Fsp3) is 0.261. The number of carbonyl (C=O) groups is 1. The standard InChI is InChI=1S/C23H22N6O3S/c1-13(30)26-19-9-17(27-20-7-14(10-24)8-21(29-20)33-4)15(11-25-19)16-5-6-18-22(28-16)31-12-23(2,3)32-18/h5-9,11H,12H2,1-4H3,(H2,25,26,27,29,30). The Hall–Kier alpha value is -3.84. The van der Waals surface area contributed by atoms with Crippen LogP contribution in [0.3, 0.4) is 0 Å². The summed E-state index contributed by atoms with van der Waals surface area (Å²) in [7, 11) is 0. The average molecular weight is 463 g/mol. The molecule has 0 bridgehead atoms. The molecule has 3 aromatic rings. The van der Waals surface area contributed by atoms with Crippen molar-refractivity contribution in [3.05, 3.63) is 42.1 Å². The highest BCUT2D eigenvalue weighted by Gasteiger charge is 2.29. The number of hydrogen-bond acceptors (Lipinski definition) is 9. The van der Waals surface area contributed by atoms with E-state index in [0.717, 1.165) is 0 Å². The molecule has 0 aromatic carbocycles. The number of pyridine rings is 3. The summed E-state index contributed by atoms with van der Waals surface area (Å²) in [5, 5.41) is 16.0. The van der Waals surface area contributed by atoms with Gasteiger partial charge in [-0.2, -0.15) is 5.26 Å². The molecule has 1 amide bonds. The van der Waals surface area contributed by atoms with Gasteiger partial charge in [-0.05, 0) is 44.4 Å². The Morgan fingerprint density at radius 2 is 2.03 bits per heavy atom. The van der Waals surface area contributed by atoms with Gasteiger partial charge in [0.15, 0.2) is 5.75 Å². The minimum Gasteiger partial charge on any atom is -0.479 e. The third kappa shape index (κ3) is 5.15. The molecular weight excluding hydrogens is 440 g/mol. The van der Waals surface area contributed by atoms with Gasteiger partial charge in [0.05, 0.1) is 28.0 Å². The second-order valence-electron chi connectivity index (χ2n) is 7.97. The lowest BCUT2D eigenvalue weighted by Crippen LogP contribution is -2.39. The number of thioether (sulfide) groups is 1. The quantitative estimate of drug-likeness (QED) is 0.532. The van der Waals surface area contributed by atoms with Gasteiger partial charge >= 0.3 is 0 Å². The van der Waals surface area contributed by atoms with Gasteiger partial charge in [-0.1, -0.05) is 0 Å². The fourth-order valence-corrected chi connectivity index (χ4v) is 3.65. The number of fused-ring (bicyclic) bond motifs is 1. The van der Waals surface area contributed by atoms with Crippen molar-refractivity contribution in [2.45, 2.75) is 31.4 Å². The van der Waals surface area contributed by atoms with E-state index in [9.17, 15) is 10.1 Å². The van der Waals surface area contributed by atoms with Crippen molar-refractivity contribution in [2.75, 3.05) is 23.5 Å². The molecule has 0 saturated carbocycles. The molecule has 2 N–H and O–H groups in total. The second-order valence-corrected chi connectivity index (χ2v) is 8.79. The van der Waals surface area contributed by atoms with Crippen LogP contribution in [0.2, 0.25) is 0 Å². The molecule has 4 heterocycles. The molecule has 9 nitrogen and oxygen atoms in total. The summed E-state index contributed by atoms with van der Waals surface area (Å²) < 4.78 is 11.8. The van der Waals surface area contributed by atoms with Crippen LogP contribution in [0, 0.1) is 11.3 Å². The van der Waals surface area contributed by atoms with E-state index in [1.54, 1.807) is 24.4 Å². The SMILES string of the molecule is CSc1cc(C#N)cc(Nc2cc(NC(C)=O)ncc2-c2ccc3c(n2)OCC(C)(C)O3)n1. The number of nitrogens with zero attached hydrogens (tertiary/aromatic N) is 4. The van der Waals surface area contributed by atoms with Crippen LogP contribution in [0.25, 0.3) is 11.3 Å². The number of nitrogens with one attached hydrogen (secondary N) is 2. The topological polar surface area (TPSA) is 122 Å². The van der Waals surface area contributed by atoms with Gasteiger partial charge in [0.25, 0.3) is 5.88 Å². The second kappa shape index (κ2) is 8.96. The first kappa shape index (κ1) is 22.4. The van der Waals surface area contributed by atoms with Gasteiger partial charge in [-0.15, -0.1) is 11.8 Å². The average Bonchev–Trinajstić information content (AvgIpc) is 2.78. The molecule has 1 aliphatic heterocycles. The maximum Gasteiger partial charge on any atom is 0.257 e. The van der Waals surface area contributed by atoms with E-state index in [1.165, 1.54) is 18.7 Å². The minimum absolute atomic E-state index is 0.240. The molecule has 0 saturated heterocycles. The molecule has 0 atom stereocenters. The van der Waals surface area contributed by atoms with Crippen LogP contribution in [0.15, 0.2) is 41.6 Å². The lowest BCUT2D eigenvalue weighted by atomic mass is 10.1. The third-order valence-corrected chi connectivity index (χ3v) is 5.28. The Bertz CT molecular complexity index is 1270. The van der Waals surface area contributed by atoms with Crippen molar-refractivity contribution in [1.29, 1.82) is 5.26 Å². The normalized spacial score (nSPS) is 13.7. The van der Waals surface area contributed by atoms with E-state index in [-0.39, 0.29) is 5.91 Å². The summed E-state index contributed by atoms with van der Waals surface area (Å²) in [5.41, 5.74) is 1.91. The summed E-state index contributed by atoms with van der Waals surface area (Å²) >= 11 is 1.44. The Kier molecular flexibility index (Phi) is 6.07. The van der Waals surface area contributed by atoms with Crippen molar-refractivity contribution in [3.8, 4) is 29.0 Å². The van der Waals surface area contributed by atoms with Crippen LogP contribution in [-0.2, 0) is 4.79 Å². The fourth-order valence-electron chi connectivity index (χ4n) is 3.22. The van der Waals surface area contributed by atoms with Crippen LogP contribution in [0.4, 0.5) is 17.3 Å². The maximum absolute atomic E-state index is 11.6. The number of hydrogen-bond donors (Lipinski definition) is 2. The van der Waals surface area contributed by atoms with Gasteiger partial charge in [-0.3, -0.25) is 4.79 Å².